The number of hydrogen-bond acceptors (Lipinski definition) is 5. The first-order valence-electron chi connectivity index (χ1n) is 6.01. The number of nitrogens with zero attached hydrogens (tertiary/aromatic N) is 1. The summed E-state index contributed by atoms with van der Waals surface area (Å²) in [6, 6.07) is 4.83. The third-order valence-corrected chi connectivity index (χ3v) is 5.71. The molecule has 2 N–H and O–H groups in total. The molecular weight excluding hydrogens is 296 g/mol. The first kappa shape index (κ1) is 15.0. The molecule has 1 aromatic heterocycles. The van der Waals surface area contributed by atoms with E-state index < -0.39 is 10.0 Å². The van der Waals surface area contributed by atoms with E-state index in [0.29, 0.717) is 16.3 Å². The number of anilines is 1. The molecule has 108 valence electrons. The predicted molar refractivity (Wildman–Crippen MR) is 79.5 cm³/mol. The zero-order valence-corrected chi connectivity index (χ0v) is 13.1. The van der Waals surface area contributed by atoms with Gasteiger partial charge in [-0.1, -0.05) is 12.1 Å². The minimum Gasteiger partial charge on any atom is -0.392 e. The van der Waals surface area contributed by atoms with E-state index in [9.17, 15) is 13.5 Å². The van der Waals surface area contributed by atoms with Crippen LogP contribution < -0.4 is 4.72 Å². The summed E-state index contributed by atoms with van der Waals surface area (Å²) in [4.78, 5) is 5.31. The second-order valence-electron chi connectivity index (χ2n) is 4.46. The Bertz CT molecular complexity index is 717. The fourth-order valence-corrected chi connectivity index (χ4v) is 4.15. The number of hydrogen-bond donors (Lipinski definition) is 2. The average molecular weight is 312 g/mol. The van der Waals surface area contributed by atoms with Crippen molar-refractivity contribution in [2.24, 2.45) is 0 Å². The lowest BCUT2D eigenvalue weighted by atomic mass is 10.1. The smallest absolute Gasteiger partial charge is 0.263 e. The monoisotopic (exact) mass is 312 g/mol. The van der Waals surface area contributed by atoms with E-state index in [1.54, 1.807) is 19.1 Å². The molecular formula is C13H16N2O3S2. The lowest BCUT2D eigenvalue weighted by molar-refractivity contribution is 0.280. The van der Waals surface area contributed by atoms with Crippen LogP contribution in [0.15, 0.2) is 23.1 Å². The number of rotatable bonds is 4. The van der Waals surface area contributed by atoms with Crippen LogP contribution in [0.3, 0.4) is 0 Å². The number of thiazole rings is 1. The minimum atomic E-state index is -3.69. The highest BCUT2D eigenvalue weighted by molar-refractivity contribution is 7.93. The lowest BCUT2D eigenvalue weighted by Gasteiger charge is -2.10. The van der Waals surface area contributed by atoms with E-state index in [2.05, 4.69) is 9.71 Å². The van der Waals surface area contributed by atoms with Gasteiger partial charge >= 0.3 is 0 Å². The Morgan fingerprint density at radius 1 is 1.30 bits per heavy atom. The van der Waals surface area contributed by atoms with Gasteiger partial charge in [-0.15, -0.1) is 11.3 Å². The van der Waals surface area contributed by atoms with E-state index in [4.69, 9.17) is 0 Å². The van der Waals surface area contributed by atoms with Crippen LogP contribution in [0.25, 0.3) is 0 Å². The highest BCUT2D eigenvalue weighted by Gasteiger charge is 2.20. The largest absolute Gasteiger partial charge is 0.392 e. The molecule has 0 amide bonds. The minimum absolute atomic E-state index is 0.162. The summed E-state index contributed by atoms with van der Waals surface area (Å²) >= 11 is 1.30. The molecule has 0 saturated heterocycles. The van der Waals surface area contributed by atoms with Gasteiger partial charge in [0.1, 0.15) is 0 Å². The van der Waals surface area contributed by atoms with E-state index in [-0.39, 0.29) is 11.5 Å². The van der Waals surface area contributed by atoms with Gasteiger partial charge in [0.25, 0.3) is 10.0 Å². The van der Waals surface area contributed by atoms with Gasteiger partial charge < -0.3 is 5.11 Å². The van der Waals surface area contributed by atoms with Crippen LogP contribution in [0.2, 0.25) is 0 Å². The van der Waals surface area contributed by atoms with Gasteiger partial charge in [0.05, 0.1) is 17.2 Å². The third kappa shape index (κ3) is 2.84. The van der Waals surface area contributed by atoms with Gasteiger partial charge in [-0.2, -0.15) is 0 Å². The summed E-state index contributed by atoms with van der Waals surface area (Å²) in [5, 5.41) is 9.57. The highest BCUT2D eigenvalue weighted by Crippen LogP contribution is 2.26. The van der Waals surface area contributed by atoms with Crippen molar-refractivity contribution in [1.82, 2.24) is 4.98 Å². The molecule has 0 bridgehead atoms. The van der Waals surface area contributed by atoms with Crippen LogP contribution in [0.4, 0.5) is 5.13 Å². The Kier molecular flexibility index (Phi) is 4.12. The Hall–Kier alpha value is -1.44. The van der Waals surface area contributed by atoms with E-state index in [0.717, 1.165) is 10.6 Å². The molecule has 0 aliphatic carbocycles. The van der Waals surface area contributed by atoms with Crippen molar-refractivity contribution in [2.75, 3.05) is 4.72 Å². The van der Waals surface area contributed by atoms with Crippen molar-refractivity contribution >= 4 is 26.5 Å². The van der Waals surface area contributed by atoms with Crippen LogP contribution in [0.1, 0.15) is 21.7 Å². The Labute approximate surface area is 122 Å². The Morgan fingerprint density at radius 3 is 2.55 bits per heavy atom. The van der Waals surface area contributed by atoms with Gasteiger partial charge in [0.2, 0.25) is 0 Å². The number of benzene rings is 1. The van der Waals surface area contributed by atoms with Gasteiger partial charge in [-0.25, -0.2) is 13.4 Å². The fourth-order valence-electron chi connectivity index (χ4n) is 1.81. The fraction of sp³-hybridized carbons (Fsp3) is 0.308. The van der Waals surface area contributed by atoms with Crippen molar-refractivity contribution in [2.45, 2.75) is 32.3 Å². The molecule has 20 heavy (non-hydrogen) atoms. The molecule has 0 spiro atoms. The van der Waals surface area contributed by atoms with Gasteiger partial charge in [-0.05, 0) is 38.0 Å². The normalized spacial score (nSPS) is 11.6. The molecule has 7 heteroatoms. The van der Waals surface area contributed by atoms with Crippen LogP contribution >= 0.6 is 11.3 Å². The van der Waals surface area contributed by atoms with Crippen LogP contribution in [0, 0.1) is 20.8 Å². The van der Waals surface area contributed by atoms with Crippen LogP contribution in [-0.2, 0) is 16.6 Å². The predicted octanol–water partition coefficient (Wildman–Crippen LogP) is 2.36. The maximum absolute atomic E-state index is 12.4. The molecule has 0 atom stereocenters. The maximum Gasteiger partial charge on any atom is 0.263 e. The number of aliphatic hydroxyl groups excluding tert-OH is 1. The zero-order chi connectivity index (χ0) is 14.9. The van der Waals surface area contributed by atoms with Crippen LogP contribution in [0.5, 0.6) is 0 Å². The summed E-state index contributed by atoms with van der Waals surface area (Å²) in [5.41, 5.74) is 1.96. The molecule has 0 fully saturated rings. The van der Waals surface area contributed by atoms with Crippen molar-refractivity contribution < 1.29 is 13.5 Å². The molecule has 2 aromatic rings. The molecule has 5 nitrogen and oxygen atoms in total. The third-order valence-electron chi connectivity index (χ3n) is 3.11. The number of sulfonamides is 1. The molecule has 0 unspecified atom stereocenters. The van der Waals surface area contributed by atoms with E-state index in [1.807, 2.05) is 13.8 Å². The summed E-state index contributed by atoms with van der Waals surface area (Å²) in [5.74, 6) is 0. The number of nitrogens with one attached hydrogen (secondary N) is 1. The molecule has 1 heterocycles. The Morgan fingerprint density at radius 2 is 2.00 bits per heavy atom. The van der Waals surface area contributed by atoms with Crippen molar-refractivity contribution in [3.63, 3.8) is 0 Å². The Balaban J connectivity index is 2.40. The molecule has 0 saturated carbocycles. The first-order valence-corrected chi connectivity index (χ1v) is 8.31. The van der Waals surface area contributed by atoms with E-state index >= 15 is 0 Å². The number of aromatic nitrogens is 1. The quantitative estimate of drug-likeness (QED) is 0.908. The molecule has 0 radical (unpaired) electrons. The van der Waals surface area contributed by atoms with Crippen LogP contribution in [-0.4, -0.2) is 18.5 Å². The summed E-state index contributed by atoms with van der Waals surface area (Å²) in [7, 11) is -3.69. The summed E-state index contributed by atoms with van der Waals surface area (Å²) in [6.07, 6.45) is 0. The van der Waals surface area contributed by atoms with Gasteiger partial charge in [-0.3, -0.25) is 4.72 Å². The number of aliphatic hydroxyl groups is 1. The molecule has 2 rings (SSSR count). The SMILES string of the molecule is Cc1nc(NS(=O)(=O)c2cccc(CO)c2C)sc1C. The number of aryl methyl sites for hydroxylation is 2. The second kappa shape index (κ2) is 5.51. The molecule has 1 aromatic carbocycles. The molecule has 0 aliphatic heterocycles. The standard InChI is InChI=1S/C13H16N2O3S2/c1-8-11(7-16)5-4-6-12(8)20(17,18)15-13-14-9(2)10(3)19-13/h4-6,16H,7H2,1-3H3,(H,14,15). The van der Waals surface area contributed by atoms with Crippen molar-refractivity contribution in [3.8, 4) is 0 Å². The zero-order valence-electron chi connectivity index (χ0n) is 11.5. The second-order valence-corrected chi connectivity index (χ2v) is 7.32. The van der Waals surface area contributed by atoms with E-state index in [1.165, 1.54) is 17.4 Å². The average Bonchev–Trinajstić information content (AvgIpc) is 2.67. The summed E-state index contributed by atoms with van der Waals surface area (Å²) in [6.45, 7) is 5.22. The molecule has 0 aliphatic rings. The maximum atomic E-state index is 12.4. The van der Waals surface area contributed by atoms with Crippen molar-refractivity contribution in [3.05, 3.63) is 39.9 Å². The lowest BCUT2D eigenvalue weighted by Crippen LogP contribution is -2.15. The van der Waals surface area contributed by atoms with Crippen molar-refractivity contribution in [1.29, 1.82) is 0 Å². The summed E-state index contributed by atoms with van der Waals surface area (Å²) < 4.78 is 27.3. The first-order chi connectivity index (χ1) is 9.35. The van der Waals surface area contributed by atoms with Gasteiger partial charge in [0.15, 0.2) is 5.13 Å². The highest BCUT2D eigenvalue weighted by atomic mass is 32.2. The van der Waals surface area contributed by atoms with Gasteiger partial charge in [0, 0.05) is 4.88 Å². The topological polar surface area (TPSA) is 79.3 Å².